The molecule has 4 rings (SSSR count). The van der Waals surface area contributed by atoms with Crippen LogP contribution in [0.5, 0.6) is 11.5 Å². The molecule has 0 atom stereocenters. The summed E-state index contributed by atoms with van der Waals surface area (Å²) in [5, 5.41) is 9.81. The fourth-order valence-corrected chi connectivity index (χ4v) is 3.32. The molecule has 7 nitrogen and oxygen atoms in total. The zero-order valence-electron chi connectivity index (χ0n) is 17.2. The predicted molar refractivity (Wildman–Crippen MR) is 110 cm³/mol. The fourth-order valence-electron chi connectivity index (χ4n) is 3.32. The van der Waals surface area contributed by atoms with Crippen LogP contribution in [0.25, 0.3) is 21.9 Å². The lowest BCUT2D eigenvalue weighted by Gasteiger charge is -2.05. The van der Waals surface area contributed by atoms with Crippen molar-refractivity contribution >= 4 is 28.2 Å². The first-order chi connectivity index (χ1) is 14.0. The van der Waals surface area contributed by atoms with Crippen LogP contribution < -0.4 is 9.47 Å². The third-order valence-corrected chi connectivity index (χ3v) is 4.84. The Morgan fingerprint density at radius 1 is 0.862 bits per heavy atom. The zero-order valence-corrected chi connectivity index (χ0v) is 17.2. The molecule has 0 spiro atoms. The molecule has 0 aliphatic heterocycles. The SMILES string of the molecule is CCc1c(OC)ccc2c(C)noc12.COc1ccc2c(C)noc2c1CC=O. The number of benzene rings is 2. The van der Waals surface area contributed by atoms with Gasteiger partial charge in [-0.1, -0.05) is 17.2 Å². The molecule has 0 fully saturated rings. The minimum Gasteiger partial charge on any atom is -0.496 e. The number of fused-ring (bicyclic) bond motifs is 2. The molecule has 2 heterocycles. The minimum absolute atomic E-state index is 0.273. The number of carbonyl (C=O) groups excluding carboxylic acids is 1. The minimum atomic E-state index is 0.273. The smallest absolute Gasteiger partial charge is 0.174 e. The van der Waals surface area contributed by atoms with Gasteiger partial charge in [-0.2, -0.15) is 0 Å². The van der Waals surface area contributed by atoms with Crippen molar-refractivity contribution in [3.8, 4) is 11.5 Å². The van der Waals surface area contributed by atoms with E-state index in [1.54, 1.807) is 14.2 Å². The number of hydrogen-bond donors (Lipinski definition) is 0. The average Bonchev–Trinajstić information content (AvgIpc) is 3.31. The van der Waals surface area contributed by atoms with Crippen LogP contribution in [0.1, 0.15) is 29.4 Å². The van der Waals surface area contributed by atoms with Gasteiger partial charge < -0.3 is 23.3 Å². The van der Waals surface area contributed by atoms with Crippen molar-refractivity contribution < 1.29 is 23.3 Å². The van der Waals surface area contributed by atoms with Crippen molar-refractivity contribution in [1.82, 2.24) is 10.3 Å². The van der Waals surface area contributed by atoms with Crippen LogP contribution >= 0.6 is 0 Å². The van der Waals surface area contributed by atoms with Gasteiger partial charge in [-0.15, -0.1) is 0 Å². The highest BCUT2D eigenvalue weighted by Gasteiger charge is 2.14. The van der Waals surface area contributed by atoms with E-state index < -0.39 is 0 Å². The summed E-state index contributed by atoms with van der Waals surface area (Å²) in [4.78, 5) is 10.6. The Balaban J connectivity index is 0.000000166. The summed E-state index contributed by atoms with van der Waals surface area (Å²) < 4.78 is 20.9. The van der Waals surface area contributed by atoms with Gasteiger partial charge in [-0.05, 0) is 44.5 Å². The van der Waals surface area contributed by atoms with E-state index in [4.69, 9.17) is 18.5 Å². The number of methoxy groups -OCH3 is 2. The Bertz CT molecular complexity index is 1140. The fraction of sp³-hybridized carbons (Fsp3) is 0.318. The number of rotatable bonds is 5. The van der Waals surface area contributed by atoms with Crippen LogP contribution in [0.15, 0.2) is 33.3 Å². The van der Waals surface area contributed by atoms with Gasteiger partial charge in [0.1, 0.15) is 17.8 Å². The summed E-state index contributed by atoms with van der Waals surface area (Å²) in [5.41, 5.74) is 5.08. The second kappa shape index (κ2) is 8.77. The van der Waals surface area contributed by atoms with E-state index in [1.165, 1.54) is 0 Å². The summed E-state index contributed by atoms with van der Waals surface area (Å²) in [6.07, 6.45) is 1.99. The molecule has 0 unspecified atom stereocenters. The number of aromatic nitrogens is 2. The summed E-state index contributed by atoms with van der Waals surface area (Å²) in [6, 6.07) is 7.66. The lowest BCUT2D eigenvalue weighted by molar-refractivity contribution is -0.107. The summed E-state index contributed by atoms with van der Waals surface area (Å²) in [6.45, 7) is 5.88. The molecule has 0 N–H and O–H groups in total. The van der Waals surface area contributed by atoms with E-state index in [0.717, 1.165) is 57.3 Å². The highest BCUT2D eigenvalue weighted by Crippen LogP contribution is 2.30. The van der Waals surface area contributed by atoms with E-state index in [9.17, 15) is 4.79 Å². The van der Waals surface area contributed by atoms with Crippen LogP contribution in [0.3, 0.4) is 0 Å². The van der Waals surface area contributed by atoms with Gasteiger partial charge in [0.25, 0.3) is 0 Å². The van der Waals surface area contributed by atoms with Crippen molar-refractivity contribution in [2.45, 2.75) is 33.6 Å². The first-order valence-corrected chi connectivity index (χ1v) is 9.32. The Morgan fingerprint density at radius 2 is 1.34 bits per heavy atom. The van der Waals surface area contributed by atoms with Crippen LogP contribution in [-0.2, 0) is 17.6 Å². The van der Waals surface area contributed by atoms with Gasteiger partial charge >= 0.3 is 0 Å². The van der Waals surface area contributed by atoms with Crippen LogP contribution in [0.4, 0.5) is 0 Å². The molecular weight excluding hydrogens is 372 g/mol. The maximum Gasteiger partial charge on any atom is 0.174 e. The lowest BCUT2D eigenvalue weighted by Crippen LogP contribution is -1.93. The molecule has 7 heteroatoms. The summed E-state index contributed by atoms with van der Waals surface area (Å²) in [5.74, 6) is 1.53. The second-order valence-corrected chi connectivity index (χ2v) is 6.51. The third-order valence-electron chi connectivity index (χ3n) is 4.84. The Labute approximate surface area is 168 Å². The highest BCUT2D eigenvalue weighted by atomic mass is 16.5. The first-order valence-electron chi connectivity index (χ1n) is 9.32. The number of aldehydes is 1. The van der Waals surface area contributed by atoms with E-state index in [1.807, 2.05) is 38.1 Å². The van der Waals surface area contributed by atoms with Crippen LogP contribution in [-0.4, -0.2) is 30.8 Å². The van der Waals surface area contributed by atoms with Crippen LogP contribution in [0.2, 0.25) is 0 Å². The Kier molecular flexibility index (Phi) is 6.16. The Morgan fingerprint density at radius 3 is 1.79 bits per heavy atom. The number of hydrogen-bond acceptors (Lipinski definition) is 7. The molecule has 29 heavy (non-hydrogen) atoms. The quantitative estimate of drug-likeness (QED) is 0.456. The van der Waals surface area contributed by atoms with Crippen molar-refractivity contribution in [2.75, 3.05) is 14.2 Å². The molecule has 2 aromatic carbocycles. The van der Waals surface area contributed by atoms with E-state index in [2.05, 4.69) is 17.2 Å². The largest absolute Gasteiger partial charge is 0.496 e. The molecule has 0 amide bonds. The maximum atomic E-state index is 10.6. The van der Waals surface area contributed by atoms with Gasteiger partial charge in [-0.25, -0.2) is 0 Å². The standard InChI is InChI=1S/C11H11NO3.C11H13NO2/c1-7-8-3-4-10(14-2)9(5-6-13)11(8)15-12-7;1-4-8-10(13-3)6-5-9-7(2)12-14-11(8)9/h3-4,6H,5H2,1-2H3;5-6H,4H2,1-3H3. The summed E-state index contributed by atoms with van der Waals surface area (Å²) >= 11 is 0. The van der Waals surface area contributed by atoms with Crippen molar-refractivity contribution in [2.24, 2.45) is 0 Å². The molecule has 4 aromatic rings. The molecular formula is C22H24N2O5. The molecule has 0 aliphatic rings. The third kappa shape index (κ3) is 3.81. The van der Waals surface area contributed by atoms with E-state index >= 15 is 0 Å². The topological polar surface area (TPSA) is 87.6 Å². The molecule has 0 saturated carbocycles. The van der Waals surface area contributed by atoms with E-state index in [0.29, 0.717) is 11.3 Å². The average molecular weight is 396 g/mol. The molecule has 0 saturated heterocycles. The molecule has 2 aromatic heterocycles. The molecule has 0 bridgehead atoms. The van der Waals surface area contributed by atoms with Gasteiger partial charge in [0.15, 0.2) is 11.2 Å². The van der Waals surface area contributed by atoms with Crippen molar-refractivity contribution in [3.63, 3.8) is 0 Å². The maximum absolute atomic E-state index is 10.6. The van der Waals surface area contributed by atoms with Gasteiger partial charge in [-0.3, -0.25) is 0 Å². The predicted octanol–water partition coefficient (Wildman–Crippen LogP) is 4.59. The lowest BCUT2D eigenvalue weighted by atomic mass is 10.1. The van der Waals surface area contributed by atoms with Crippen LogP contribution in [0, 0.1) is 13.8 Å². The van der Waals surface area contributed by atoms with Crippen molar-refractivity contribution in [1.29, 1.82) is 0 Å². The number of carbonyl (C=O) groups is 1. The normalized spacial score (nSPS) is 10.7. The van der Waals surface area contributed by atoms with E-state index in [-0.39, 0.29) is 6.42 Å². The Hall–Kier alpha value is -3.35. The monoisotopic (exact) mass is 396 g/mol. The number of ether oxygens (including phenoxy) is 2. The number of nitrogens with zero attached hydrogens (tertiary/aromatic N) is 2. The number of aryl methyl sites for hydroxylation is 3. The molecule has 0 radical (unpaired) electrons. The first kappa shape index (κ1) is 20.4. The molecule has 152 valence electrons. The van der Waals surface area contributed by atoms with Gasteiger partial charge in [0.05, 0.1) is 25.6 Å². The second-order valence-electron chi connectivity index (χ2n) is 6.51. The molecule has 0 aliphatic carbocycles. The van der Waals surface area contributed by atoms with Gasteiger partial charge in [0.2, 0.25) is 0 Å². The summed E-state index contributed by atoms with van der Waals surface area (Å²) in [7, 11) is 3.24. The highest BCUT2D eigenvalue weighted by molar-refractivity contribution is 5.86. The van der Waals surface area contributed by atoms with Crippen molar-refractivity contribution in [3.05, 3.63) is 46.8 Å². The van der Waals surface area contributed by atoms with Gasteiger partial charge in [0, 0.05) is 28.3 Å². The zero-order chi connectivity index (χ0) is 21.0.